The van der Waals surface area contributed by atoms with Gasteiger partial charge in [-0.05, 0) is 60.6 Å². The van der Waals surface area contributed by atoms with Gasteiger partial charge in [-0.3, -0.25) is 0 Å². The second-order valence-corrected chi connectivity index (χ2v) is 10.6. The van der Waals surface area contributed by atoms with Gasteiger partial charge in [-0.2, -0.15) is 0 Å². The second-order valence-electron chi connectivity index (χ2n) is 10.6. The van der Waals surface area contributed by atoms with Crippen LogP contribution < -0.4 is 15.7 Å². The molecule has 2 aliphatic heterocycles. The molecule has 0 aliphatic carbocycles. The van der Waals surface area contributed by atoms with Crippen LogP contribution in [0.25, 0.3) is 44.8 Å². The summed E-state index contributed by atoms with van der Waals surface area (Å²) >= 11 is 0. The Labute approximate surface area is 255 Å². The summed E-state index contributed by atoms with van der Waals surface area (Å²) in [6, 6.07) is 42.2. The molecule has 0 amide bonds. The van der Waals surface area contributed by atoms with Crippen molar-refractivity contribution in [1.82, 2.24) is 9.97 Å². The topological polar surface area (TPSA) is 29.0 Å². The monoisotopic (exact) mass is 704 g/mol. The van der Waals surface area contributed by atoms with Crippen molar-refractivity contribution >= 4 is 29.1 Å². The van der Waals surface area contributed by atoms with Gasteiger partial charge in [0, 0.05) is 23.8 Å². The van der Waals surface area contributed by atoms with Gasteiger partial charge in [0.1, 0.15) is 0 Å². The van der Waals surface area contributed by atoms with Crippen LogP contribution in [-0.4, -0.2) is 16.8 Å². The average Bonchev–Trinajstić information content (AvgIpc) is 3.00. The first-order valence-electron chi connectivity index (χ1n) is 13.6. The van der Waals surface area contributed by atoms with Gasteiger partial charge in [0.05, 0.1) is 0 Å². The normalized spacial score (nSPS) is 12.3. The molecule has 0 saturated carbocycles. The third kappa shape index (κ3) is 4.09. The number of hydrogen-bond acceptors (Lipinski definition) is 3. The predicted molar refractivity (Wildman–Crippen MR) is 165 cm³/mol. The number of benzene rings is 4. The van der Waals surface area contributed by atoms with E-state index in [1.807, 2.05) is 24.5 Å². The smallest absolute Gasteiger partial charge is 0.380 e. The van der Waals surface area contributed by atoms with Crippen LogP contribution in [0.5, 0.6) is 0 Å². The Morgan fingerprint density at radius 2 is 1.02 bits per heavy atom. The zero-order valence-corrected chi connectivity index (χ0v) is 24.9. The van der Waals surface area contributed by atoms with Gasteiger partial charge in [-0.25, -0.2) is 0 Å². The number of para-hydroxylation sites is 2. The average molecular weight is 704 g/mol. The molecule has 0 spiro atoms. The molecule has 41 heavy (non-hydrogen) atoms. The van der Waals surface area contributed by atoms with Gasteiger partial charge >= 0.3 is 21.1 Å². The van der Waals surface area contributed by atoms with Crippen LogP contribution in [0.2, 0.25) is 0 Å². The number of fused-ring (bicyclic) bond motifs is 11. The summed E-state index contributed by atoms with van der Waals surface area (Å²) in [5, 5.41) is 0. The molecule has 0 N–H and O–H groups in total. The number of anilines is 2. The van der Waals surface area contributed by atoms with Gasteiger partial charge < -0.3 is 14.8 Å². The van der Waals surface area contributed by atoms with E-state index in [2.05, 4.69) is 126 Å². The van der Waals surface area contributed by atoms with Gasteiger partial charge in [0.25, 0.3) is 6.85 Å². The number of aromatic nitrogens is 2. The molecule has 2 aromatic heterocycles. The summed E-state index contributed by atoms with van der Waals surface area (Å²) < 4.78 is 0. The van der Waals surface area contributed by atoms with Crippen LogP contribution in [0.4, 0.5) is 11.4 Å². The molecule has 0 fully saturated rings. The molecular formula is C36H24BN3Pt. The molecule has 0 bridgehead atoms. The van der Waals surface area contributed by atoms with Crippen LogP contribution in [0, 0.1) is 26.0 Å². The zero-order chi connectivity index (χ0) is 26.8. The van der Waals surface area contributed by atoms with E-state index in [-0.39, 0.29) is 27.9 Å². The minimum atomic E-state index is -0.0932. The van der Waals surface area contributed by atoms with Crippen LogP contribution in [0.1, 0.15) is 11.1 Å². The fourth-order valence-electron chi connectivity index (χ4n) is 6.22. The van der Waals surface area contributed by atoms with E-state index in [9.17, 15) is 0 Å². The molecule has 3 nitrogen and oxygen atoms in total. The maximum Gasteiger partial charge on any atom is 2.00 e. The van der Waals surface area contributed by atoms with Crippen molar-refractivity contribution in [3.8, 4) is 44.8 Å². The Hall–Kier alpha value is -4.27. The number of aryl methyl sites for hydroxylation is 2. The Morgan fingerprint density at radius 3 is 1.49 bits per heavy atom. The van der Waals surface area contributed by atoms with Crippen molar-refractivity contribution in [2.75, 3.05) is 4.81 Å². The zero-order valence-electron chi connectivity index (χ0n) is 22.6. The van der Waals surface area contributed by atoms with Crippen molar-refractivity contribution in [1.29, 1.82) is 0 Å². The summed E-state index contributed by atoms with van der Waals surface area (Å²) in [7, 11) is 0. The van der Waals surface area contributed by atoms with E-state index in [1.54, 1.807) is 0 Å². The second kappa shape index (κ2) is 9.98. The summed E-state index contributed by atoms with van der Waals surface area (Å²) in [6.45, 7) is 4.11. The SMILES string of the molecule is Cc1ccnc(-c2[c-]c3c(cc2)-c2ccccc2N2B3c3[c-]c(-c4cc(C)ccn4)ccc3-c3ccccc32)c1.[Pt+2]. The molecule has 4 aromatic carbocycles. The third-order valence-corrected chi connectivity index (χ3v) is 8.05. The molecule has 0 unspecified atom stereocenters. The predicted octanol–water partition coefficient (Wildman–Crippen LogP) is 6.93. The van der Waals surface area contributed by atoms with Crippen molar-refractivity contribution in [3.05, 3.63) is 133 Å². The molecule has 6 aromatic rings. The van der Waals surface area contributed by atoms with E-state index in [1.165, 1.54) is 44.8 Å². The van der Waals surface area contributed by atoms with Crippen LogP contribution in [0.15, 0.2) is 109 Å². The molecular weight excluding hydrogens is 680 g/mol. The van der Waals surface area contributed by atoms with Crippen LogP contribution in [-0.2, 0) is 21.1 Å². The molecule has 196 valence electrons. The number of hydrogen-bond donors (Lipinski definition) is 0. The Morgan fingerprint density at radius 1 is 0.561 bits per heavy atom. The summed E-state index contributed by atoms with van der Waals surface area (Å²) in [5.41, 5.74) is 15.7. The Balaban J connectivity index is 0.00000276. The quantitative estimate of drug-likeness (QED) is 0.145. The third-order valence-electron chi connectivity index (χ3n) is 8.05. The fourth-order valence-corrected chi connectivity index (χ4v) is 6.22. The first kappa shape index (κ1) is 25.7. The minimum Gasteiger partial charge on any atom is -0.380 e. The van der Waals surface area contributed by atoms with Crippen LogP contribution >= 0.6 is 0 Å². The molecule has 0 radical (unpaired) electrons. The van der Waals surface area contributed by atoms with Gasteiger partial charge in [-0.15, -0.1) is 69.6 Å². The van der Waals surface area contributed by atoms with Crippen molar-refractivity contribution < 1.29 is 21.1 Å². The number of nitrogens with zero attached hydrogens (tertiary/aromatic N) is 3. The largest absolute Gasteiger partial charge is 2.00 e. The molecule has 4 heterocycles. The number of pyridine rings is 2. The standard InChI is InChI=1S/C36H24BN3.Pt/c1-23-15-17-38-33(19-23)25-11-13-27-29-7-3-5-9-35(29)40-36-10-6-4-8-30(36)28-14-12-26(34-20-24(2)16-18-39-34)22-32(28)37(40)31(27)21-25;/h3-20H,1-2H3;/q-2;+2. The molecule has 0 saturated heterocycles. The Bertz CT molecular complexity index is 1830. The van der Waals surface area contributed by atoms with Crippen LogP contribution in [0.3, 0.4) is 0 Å². The van der Waals surface area contributed by atoms with E-state index in [0.29, 0.717) is 0 Å². The maximum absolute atomic E-state index is 4.69. The van der Waals surface area contributed by atoms with Crippen molar-refractivity contribution in [2.24, 2.45) is 0 Å². The molecule has 8 rings (SSSR count). The fraction of sp³-hybridized carbons (Fsp3) is 0.0556. The maximum atomic E-state index is 4.69. The molecule has 0 atom stereocenters. The Kier molecular flexibility index (Phi) is 6.25. The first-order valence-corrected chi connectivity index (χ1v) is 13.6. The van der Waals surface area contributed by atoms with Gasteiger partial charge in [-0.1, -0.05) is 59.7 Å². The molecule has 5 heteroatoms. The summed E-state index contributed by atoms with van der Waals surface area (Å²) in [6.07, 6.45) is 3.75. The van der Waals surface area contributed by atoms with Crippen molar-refractivity contribution in [2.45, 2.75) is 13.8 Å². The van der Waals surface area contributed by atoms with E-state index < -0.39 is 0 Å². The van der Waals surface area contributed by atoms with E-state index >= 15 is 0 Å². The summed E-state index contributed by atoms with van der Waals surface area (Å²) in [5.74, 6) is 0. The van der Waals surface area contributed by atoms with Gasteiger partial charge in [0.2, 0.25) is 0 Å². The summed E-state index contributed by atoms with van der Waals surface area (Å²) in [4.78, 5) is 11.9. The molecule has 2 aliphatic rings. The first-order chi connectivity index (χ1) is 19.7. The minimum absolute atomic E-state index is 0. The number of rotatable bonds is 2. The van der Waals surface area contributed by atoms with E-state index in [4.69, 9.17) is 0 Å². The van der Waals surface area contributed by atoms with Crippen molar-refractivity contribution in [3.63, 3.8) is 0 Å². The van der Waals surface area contributed by atoms with Gasteiger partial charge in [0.15, 0.2) is 0 Å². The van der Waals surface area contributed by atoms with E-state index in [0.717, 1.165) is 33.4 Å².